The molecule has 0 aromatic heterocycles. The molecule has 0 radical (unpaired) electrons. The van der Waals surface area contributed by atoms with Crippen LogP contribution in [0.3, 0.4) is 0 Å². The number of hydrogen-bond acceptors (Lipinski definition) is 5. The predicted molar refractivity (Wildman–Crippen MR) is 79.7 cm³/mol. The van der Waals surface area contributed by atoms with Crippen molar-refractivity contribution in [3.05, 3.63) is 24.3 Å². The van der Waals surface area contributed by atoms with Crippen LogP contribution >= 0.6 is 0 Å². The first-order valence-corrected chi connectivity index (χ1v) is 8.13. The average Bonchev–Trinajstić information content (AvgIpc) is 2.86. The van der Waals surface area contributed by atoms with Gasteiger partial charge >= 0.3 is 0 Å². The van der Waals surface area contributed by atoms with E-state index in [2.05, 4.69) is 5.43 Å². The highest BCUT2D eigenvalue weighted by atomic mass is 32.2. The van der Waals surface area contributed by atoms with Gasteiger partial charge in [0.25, 0.3) is 0 Å². The smallest absolute Gasteiger partial charge is 0.245 e. The molecule has 0 saturated carbocycles. The SMILES string of the molecule is CN(C)CC1CCCN1S(=O)(=O)c1ccccc1NN. The van der Waals surface area contributed by atoms with E-state index >= 15 is 0 Å². The van der Waals surface area contributed by atoms with Gasteiger partial charge in [-0.1, -0.05) is 12.1 Å². The van der Waals surface area contributed by atoms with Crippen molar-refractivity contribution in [3.8, 4) is 0 Å². The van der Waals surface area contributed by atoms with Gasteiger partial charge in [-0.05, 0) is 39.1 Å². The van der Waals surface area contributed by atoms with E-state index in [1.807, 2.05) is 19.0 Å². The number of rotatable bonds is 5. The Morgan fingerprint density at radius 3 is 2.75 bits per heavy atom. The molecule has 1 heterocycles. The second kappa shape index (κ2) is 6.09. The number of nitrogen functional groups attached to an aromatic ring is 1. The molecule has 2 rings (SSSR count). The van der Waals surface area contributed by atoms with Crippen molar-refractivity contribution in [1.82, 2.24) is 9.21 Å². The zero-order chi connectivity index (χ0) is 14.8. The fraction of sp³-hybridized carbons (Fsp3) is 0.538. The van der Waals surface area contributed by atoms with Gasteiger partial charge in [-0.25, -0.2) is 8.42 Å². The van der Waals surface area contributed by atoms with Crippen LogP contribution in [0.4, 0.5) is 5.69 Å². The lowest BCUT2D eigenvalue weighted by Crippen LogP contribution is -2.41. The molecule has 1 aromatic carbocycles. The van der Waals surface area contributed by atoms with Crippen molar-refractivity contribution in [2.45, 2.75) is 23.8 Å². The second-order valence-electron chi connectivity index (χ2n) is 5.31. The molecular formula is C13H22N4O2S. The second-order valence-corrected chi connectivity index (χ2v) is 7.17. The van der Waals surface area contributed by atoms with Crippen LogP contribution in [0.2, 0.25) is 0 Å². The Morgan fingerprint density at radius 1 is 1.40 bits per heavy atom. The maximum atomic E-state index is 12.8. The van der Waals surface area contributed by atoms with Gasteiger partial charge in [0, 0.05) is 19.1 Å². The van der Waals surface area contributed by atoms with Crippen LogP contribution < -0.4 is 11.3 Å². The number of likely N-dealkylation sites (N-methyl/N-ethyl adjacent to an activating group) is 1. The minimum absolute atomic E-state index is 0.0285. The van der Waals surface area contributed by atoms with Crippen molar-refractivity contribution >= 4 is 15.7 Å². The molecule has 1 aliphatic heterocycles. The molecule has 0 aliphatic carbocycles. The van der Waals surface area contributed by atoms with E-state index in [0.717, 1.165) is 19.4 Å². The Morgan fingerprint density at radius 2 is 2.10 bits per heavy atom. The summed E-state index contributed by atoms with van der Waals surface area (Å²) in [6.45, 7) is 1.30. The van der Waals surface area contributed by atoms with E-state index in [9.17, 15) is 8.42 Å². The molecule has 0 amide bonds. The van der Waals surface area contributed by atoms with Gasteiger partial charge in [0.15, 0.2) is 0 Å². The third kappa shape index (κ3) is 2.95. The number of anilines is 1. The molecule has 1 fully saturated rings. The van der Waals surface area contributed by atoms with Crippen molar-refractivity contribution < 1.29 is 8.42 Å². The molecule has 3 N–H and O–H groups in total. The van der Waals surface area contributed by atoms with Crippen LogP contribution in [0.5, 0.6) is 0 Å². The van der Waals surface area contributed by atoms with E-state index in [4.69, 9.17) is 5.84 Å². The number of hydrogen-bond donors (Lipinski definition) is 2. The summed E-state index contributed by atoms with van der Waals surface area (Å²) in [4.78, 5) is 2.26. The van der Waals surface area contributed by atoms with E-state index in [1.165, 1.54) is 0 Å². The summed E-state index contributed by atoms with van der Waals surface area (Å²) >= 11 is 0. The van der Waals surface area contributed by atoms with Gasteiger partial charge in [0.05, 0.1) is 5.69 Å². The molecule has 20 heavy (non-hydrogen) atoms. The summed E-state index contributed by atoms with van der Waals surface area (Å²) in [5.74, 6) is 5.42. The lowest BCUT2D eigenvalue weighted by molar-refractivity contribution is 0.291. The van der Waals surface area contributed by atoms with E-state index in [1.54, 1.807) is 28.6 Å². The Hall–Kier alpha value is -1.15. The third-order valence-electron chi connectivity index (χ3n) is 3.53. The molecule has 1 aromatic rings. The van der Waals surface area contributed by atoms with Crippen LogP contribution in [0.1, 0.15) is 12.8 Å². The Kier molecular flexibility index (Phi) is 4.64. The topological polar surface area (TPSA) is 78.7 Å². The maximum Gasteiger partial charge on any atom is 0.245 e. The molecular weight excluding hydrogens is 276 g/mol. The third-order valence-corrected chi connectivity index (χ3v) is 5.54. The fourth-order valence-corrected chi connectivity index (χ4v) is 4.51. The van der Waals surface area contributed by atoms with Gasteiger partial charge in [0.1, 0.15) is 4.90 Å². The molecule has 0 bridgehead atoms. The lowest BCUT2D eigenvalue weighted by Gasteiger charge is -2.27. The Balaban J connectivity index is 2.34. The Bertz CT molecular complexity index is 559. The molecule has 1 saturated heterocycles. The van der Waals surface area contributed by atoms with Crippen LogP contribution in [0.15, 0.2) is 29.2 Å². The highest BCUT2D eigenvalue weighted by molar-refractivity contribution is 7.89. The summed E-state index contributed by atoms with van der Waals surface area (Å²) in [6, 6.07) is 6.76. The number of nitrogens with zero attached hydrogens (tertiary/aromatic N) is 2. The van der Waals surface area contributed by atoms with Crippen LogP contribution in [0.25, 0.3) is 0 Å². The van der Waals surface area contributed by atoms with Crippen molar-refractivity contribution in [1.29, 1.82) is 0 Å². The molecule has 0 spiro atoms. The summed E-state index contributed by atoms with van der Waals surface area (Å²) < 4.78 is 27.2. The largest absolute Gasteiger partial charge is 0.323 e. The number of nitrogens with two attached hydrogens (primary N) is 1. The van der Waals surface area contributed by atoms with Crippen molar-refractivity contribution in [3.63, 3.8) is 0 Å². The monoisotopic (exact) mass is 298 g/mol. The molecule has 112 valence electrons. The minimum Gasteiger partial charge on any atom is -0.323 e. The van der Waals surface area contributed by atoms with Crippen LogP contribution in [-0.4, -0.2) is 50.8 Å². The van der Waals surface area contributed by atoms with Gasteiger partial charge in [-0.3, -0.25) is 5.84 Å². The number of sulfonamides is 1. The number of benzene rings is 1. The van der Waals surface area contributed by atoms with Gasteiger partial charge in [-0.2, -0.15) is 4.31 Å². The first-order valence-electron chi connectivity index (χ1n) is 6.69. The lowest BCUT2D eigenvalue weighted by atomic mass is 10.2. The molecule has 6 nitrogen and oxygen atoms in total. The van der Waals surface area contributed by atoms with Crippen LogP contribution in [0, 0.1) is 0 Å². The maximum absolute atomic E-state index is 12.8. The van der Waals surface area contributed by atoms with Crippen molar-refractivity contribution in [2.24, 2.45) is 5.84 Å². The summed E-state index contributed by atoms with van der Waals surface area (Å²) in [5, 5.41) is 0. The summed E-state index contributed by atoms with van der Waals surface area (Å²) in [6.07, 6.45) is 1.80. The normalized spacial score (nSPS) is 20.5. The number of hydrazine groups is 1. The molecule has 1 atom stereocenters. The van der Waals surface area contributed by atoms with E-state index in [-0.39, 0.29) is 10.9 Å². The fourth-order valence-electron chi connectivity index (χ4n) is 2.67. The average molecular weight is 298 g/mol. The highest BCUT2D eigenvalue weighted by Crippen LogP contribution is 2.29. The molecule has 7 heteroatoms. The first kappa shape index (κ1) is 15.2. The minimum atomic E-state index is -3.51. The predicted octanol–water partition coefficient (Wildman–Crippen LogP) is 0.687. The summed E-state index contributed by atoms with van der Waals surface area (Å²) in [5.41, 5.74) is 2.90. The van der Waals surface area contributed by atoms with Gasteiger partial charge < -0.3 is 10.3 Å². The number of para-hydroxylation sites is 1. The quantitative estimate of drug-likeness (QED) is 0.617. The standard InChI is InChI=1S/C13H22N4O2S/c1-16(2)10-11-6-5-9-17(11)20(18,19)13-8-4-3-7-12(13)15-14/h3-4,7-8,11,15H,5-6,9-10,14H2,1-2H3. The zero-order valence-electron chi connectivity index (χ0n) is 11.9. The van der Waals surface area contributed by atoms with Crippen molar-refractivity contribution in [2.75, 3.05) is 32.6 Å². The van der Waals surface area contributed by atoms with Crippen LogP contribution in [-0.2, 0) is 10.0 Å². The zero-order valence-corrected chi connectivity index (χ0v) is 12.7. The summed E-state index contributed by atoms with van der Waals surface area (Å²) in [7, 11) is 0.402. The molecule has 1 aliphatic rings. The van der Waals surface area contributed by atoms with Gasteiger partial charge in [-0.15, -0.1) is 0 Å². The van der Waals surface area contributed by atoms with E-state index in [0.29, 0.717) is 12.2 Å². The number of nitrogens with one attached hydrogen (secondary N) is 1. The van der Waals surface area contributed by atoms with Gasteiger partial charge in [0.2, 0.25) is 10.0 Å². The molecule has 1 unspecified atom stereocenters. The van der Waals surface area contributed by atoms with E-state index < -0.39 is 10.0 Å². The first-order chi connectivity index (χ1) is 9.46. The Labute approximate surface area is 120 Å². The highest BCUT2D eigenvalue weighted by Gasteiger charge is 2.36.